The Balaban J connectivity index is 1.41. The van der Waals surface area contributed by atoms with Gasteiger partial charge in [-0.3, -0.25) is 9.78 Å². The van der Waals surface area contributed by atoms with Crippen LogP contribution in [-0.4, -0.2) is 27.9 Å². The number of oxime groups is 1. The second kappa shape index (κ2) is 8.38. The fourth-order valence-electron chi connectivity index (χ4n) is 3.89. The van der Waals surface area contributed by atoms with Gasteiger partial charge >= 0.3 is 5.97 Å². The van der Waals surface area contributed by atoms with Crippen LogP contribution in [0.3, 0.4) is 0 Å². The van der Waals surface area contributed by atoms with E-state index < -0.39 is 11.4 Å². The van der Waals surface area contributed by atoms with E-state index in [0.717, 1.165) is 39.2 Å². The lowest BCUT2D eigenvalue weighted by Gasteiger charge is -2.27. The van der Waals surface area contributed by atoms with Gasteiger partial charge in [0, 0.05) is 28.5 Å². The Hall–Kier alpha value is -3.41. The Morgan fingerprint density at radius 1 is 1.19 bits per heavy atom. The van der Waals surface area contributed by atoms with E-state index in [4.69, 9.17) is 14.7 Å². The van der Waals surface area contributed by atoms with Crippen LogP contribution in [0, 0.1) is 12.3 Å². The zero-order valence-electron chi connectivity index (χ0n) is 18.0. The van der Waals surface area contributed by atoms with Crippen molar-refractivity contribution in [2.24, 2.45) is 10.6 Å². The lowest BCUT2D eigenvalue weighted by Crippen LogP contribution is -2.32. The molecular formula is C25H26N2O4. The van der Waals surface area contributed by atoms with Crippen LogP contribution < -0.4 is 4.74 Å². The van der Waals surface area contributed by atoms with E-state index in [1.54, 1.807) is 0 Å². The fraction of sp³-hybridized carbons (Fsp3) is 0.320. The number of benzene rings is 2. The van der Waals surface area contributed by atoms with E-state index in [1.807, 2.05) is 63.2 Å². The normalized spacial score (nSPS) is 16.1. The number of rotatable bonds is 7. The molecule has 0 spiro atoms. The molecule has 1 unspecified atom stereocenters. The van der Waals surface area contributed by atoms with Gasteiger partial charge in [0.05, 0.1) is 17.6 Å². The monoisotopic (exact) mass is 418 g/mol. The Morgan fingerprint density at radius 2 is 1.94 bits per heavy atom. The van der Waals surface area contributed by atoms with E-state index in [9.17, 15) is 4.79 Å². The number of carboxylic acids is 1. The smallest absolute Gasteiger partial charge is 0.304 e. The summed E-state index contributed by atoms with van der Waals surface area (Å²) in [4.78, 5) is 21.2. The number of hydrogen-bond donors (Lipinski definition) is 1. The van der Waals surface area contributed by atoms with Crippen LogP contribution in [0.5, 0.6) is 5.75 Å². The highest BCUT2D eigenvalue weighted by Gasteiger charge is 2.38. The summed E-state index contributed by atoms with van der Waals surface area (Å²) in [5.41, 5.74) is 4.32. The van der Waals surface area contributed by atoms with E-state index in [1.165, 1.54) is 0 Å². The molecule has 1 N–H and O–H groups in total. The van der Waals surface area contributed by atoms with Gasteiger partial charge < -0.3 is 14.7 Å². The summed E-state index contributed by atoms with van der Waals surface area (Å²) < 4.78 is 6.03. The van der Waals surface area contributed by atoms with Crippen molar-refractivity contribution in [3.05, 3.63) is 71.4 Å². The molecule has 160 valence electrons. The maximum atomic E-state index is 11.1. The Bertz CT molecular complexity index is 1140. The first-order valence-electron chi connectivity index (χ1n) is 10.3. The predicted molar refractivity (Wildman–Crippen MR) is 119 cm³/mol. The highest BCUT2D eigenvalue weighted by Crippen LogP contribution is 2.34. The summed E-state index contributed by atoms with van der Waals surface area (Å²) in [6, 6.07) is 17.9. The van der Waals surface area contributed by atoms with Gasteiger partial charge in [0.1, 0.15) is 18.5 Å². The lowest BCUT2D eigenvalue weighted by atomic mass is 9.80. The summed E-state index contributed by atoms with van der Waals surface area (Å²) in [6.45, 7) is 6.23. The molecule has 1 atom stereocenters. The number of aryl methyl sites for hydroxylation is 1. The first-order valence-corrected chi connectivity index (χ1v) is 10.3. The first kappa shape index (κ1) is 20.8. The average Bonchev–Trinajstić information content (AvgIpc) is 3.23. The molecule has 6 nitrogen and oxygen atoms in total. The van der Waals surface area contributed by atoms with Crippen molar-refractivity contribution < 1.29 is 19.5 Å². The number of ether oxygens (including phenoxy) is 1. The predicted octanol–water partition coefficient (Wildman–Crippen LogP) is 5.12. The molecule has 0 aliphatic carbocycles. The fourth-order valence-corrected chi connectivity index (χ4v) is 3.89. The minimum atomic E-state index is -0.833. The van der Waals surface area contributed by atoms with Crippen LogP contribution in [0.4, 0.5) is 0 Å². The van der Waals surface area contributed by atoms with E-state index >= 15 is 0 Å². The molecule has 0 fully saturated rings. The molecule has 4 rings (SSSR count). The standard InChI is InChI=1S/C25H26N2O4/c1-16-12-18(20-6-4-5-7-21(20)26-16)15-30-19-10-8-17(9-11-19)22-13-23(31-27-22)25(2,3)14-24(28)29/h4-12,23H,13-15H2,1-3H3,(H,28,29). The van der Waals surface area contributed by atoms with Crippen LogP contribution >= 0.6 is 0 Å². The number of aliphatic carboxylic acids is 1. The third-order valence-corrected chi connectivity index (χ3v) is 5.66. The molecule has 0 saturated heterocycles. The van der Waals surface area contributed by atoms with Gasteiger partial charge in [-0.15, -0.1) is 0 Å². The zero-order chi connectivity index (χ0) is 22.0. The van der Waals surface area contributed by atoms with Crippen molar-refractivity contribution >= 4 is 22.6 Å². The molecule has 0 bridgehead atoms. The highest BCUT2D eigenvalue weighted by molar-refractivity contribution is 6.01. The summed E-state index contributed by atoms with van der Waals surface area (Å²) >= 11 is 0. The quantitative estimate of drug-likeness (QED) is 0.576. The maximum Gasteiger partial charge on any atom is 0.304 e. The van der Waals surface area contributed by atoms with Gasteiger partial charge in [0.15, 0.2) is 0 Å². The van der Waals surface area contributed by atoms with Gasteiger partial charge in [0.25, 0.3) is 0 Å². The summed E-state index contributed by atoms with van der Waals surface area (Å²) in [5, 5.41) is 14.4. The highest BCUT2D eigenvalue weighted by atomic mass is 16.6. The molecule has 0 saturated carbocycles. The Labute approximate surface area is 181 Å². The zero-order valence-corrected chi connectivity index (χ0v) is 18.0. The SMILES string of the molecule is Cc1cc(COc2ccc(C3=NOC(C(C)(C)CC(=O)O)C3)cc2)c2ccccc2n1. The molecule has 1 aliphatic rings. The van der Waals surface area contributed by atoms with Gasteiger partial charge in [0.2, 0.25) is 0 Å². The minimum absolute atomic E-state index is 0.0381. The third kappa shape index (κ3) is 4.68. The molecule has 3 aromatic rings. The van der Waals surface area contributed by atoms with Crippen LogP contribution in [0.15, 0.2) is 59.8 Å². The van der Waals surface area contributed by atoms with Crippen LogP contribution in [-0.2, 0) is 16.2 Å². The van der Waals surface area contributed by atoms with Gasteiger partial charge in [-0.1, -0.05) is 37.2 Å². The molecule has 1 aliphatic heterocycles. The molecule has 2 heterocycles. The van der Waals surface area contributed by atoms with Crippen molar-refractivity contribution in [3.8, 4) is 5.75 Å². The Morgan fingerprint density at radius 3 is 2.68 bits per heavy atom. The number of aromatic nitrogens is 1. The minimum Gasteiger partial charge on any atom is -0.489 e. The lowest BCUT2D eigenvalue weighted by molar-refractivity contribution is -0.141. The number of pyridine rings is 1. The Kier molecular flexibility index (Phi) is 5.63. The van der Waals surface area contributed by atoms with Gasteiger partial charge in [-0.05, 0) is 48.9 Å². The topological polar surface area (TPSA) is 81.0 Å². The van der Waals surface area contributed by atoms with Crippen molar-refractivity contribution in [1.82, 2.24) is 4.98 Å². The van der Waals surface area contributed by atoms with Crippen molar-refractivity contribution in [3.63, 3.8) is 0 Å². The van der Waals surface area contributed by atoms with Crippen molar-refractivity contribution in [2.75, 3.05) is 0 Å². The molecule has 2 aromatic carbocycles. The summed E-state index contributed by atoms with van der Waals surface area (Å²) in [5.74, 6) is -0.0645. The summed E-state index contributed by atoms with van der Waals surface area (Å²) in [7, 11) is 0. The molecule has 6 heteroatoms. The maximum absolute atomic E-state index is 11.1. The van der Waals surface area contributed by atoms with Crippen molar-refractivity contribution in [1.29, 1.82) is 0 Å². The second-order valence-corrected chi connectivity index (χ2v) is 8.65. The van der Waals surface area contributed by atoms with Crippen molar-refractivity contribution in [2.45, 2.75) is 46.3 Å². The molecule has 1 aromatic heterocycles. The average molecular weight is 418 g/mol. The summed E-state index contributed by atoms with van der Waals surface area (Å²) in [6.07, 6.45) is 0.372. The number of para-hydroxylation sites is 1. The molecule has 0 radical (unpaired) electrons. The number of carbonyl (C=O) groups is 1. The van der Waals surface area contributed by atoms with E-state index in [0.29, 0.717) is 13.0 Å². The molecule has 31 heavy (non-hydrogen) atoms. The second-order valence-electron chi connectivity index (χ2n) is 8.65. The molecule has 0 amide bonds. The number of nitrogens with zero attached hydrogens (tertiary/aromatic N) is 2. The number of carboxylic acid groups (broad SMARTS) is 1. The van der Waals surface area contributed by atoms with Crippen LogP contribution in [0.25, 0.3) is 10.9 Å². The largest absolute Gasteiger partial charge is 0.489 e. The first-order chi connectivity index (χ1) is 14.8. The molecular weight excluding hydrogens is 392 g/mol. The van der Waals surface area contributed by atoms with Gasteiger partial charge in [-0.2, -0.15) is 0 Å². The number of hydrogen-bond acceptors (Lipinski definition) is 5. The van der Waals surface area contributed by atoms with E-state index in [2.05, 4.69) is 22.3 Å². The van der Waals surface area contributed by atoms with Crippen LogP contribution in [0.2, 0.25) is 0 Å². The third-order valence-electron chi connectivity index (χ3n) is 5.66. The van der Waals surface area contributed by atoms with Crippen LogP contribution in [0.1, 0.15) is 43.5 Å². The number of fused-ring (bicyclic) bond motifs is 1. The van der Waals surface area contributed by atoms with Gasteiger partial charge in [-0.25, -0.2) is 0 Å². The van der Waals surface area contributed by atoms with E-state index in [-0.39, 0.29) is 12.5 Å².